The molecule has 0 aromatic carbocycles. The molecular weight excluding hydrogens is 109 g/mol. The van der Waals surface area contributed by atoms with E-state index in [9.17, 15) is 0 Å². The minimum atomic E-state index is 0.940. The molecule has 9 heavy (non-hydrogen) atoms. The van der Waals surface area contributed by atoms with Gasteiger partial charge >= 0.3 is 57.2 Å². The van der Waals surface area contributed by atoms with Crippen LogP contribution in [0.15, 0.2) is 4.99 Å². The molecule has 2 heteroatoms. The first-order valence-corrected chi connectivity index (χ1v) is 3.50. The standard InChI is InChI=1S/C7H14BN/c1-4-6-9-7(5-2)8-3/h3-6H2,1-2H3. The van der Waals surface area contributed by atoms with Crippen LogP contribution >= 0.6 is 0 Å². The molecule has 0 radical (unpaired) electrons. The van der Waals surface area contributed by atoms with Gasteiger partial charge in [-0.1, -0.05) is 0 Å². The van der Waals surface area contributed by atoms with Gasteiger partial charge in [0.15, 0.2) is 0 Å². The van der Waals surface area contributed by atoms with Crippen molar-refractivity contribution in [2.24, 2.45) is 4.99 Å². The number of rotatable bonds is 4. The molecule has 0 unspecified atom stereocenters. The van der Waals surface area contributed by atoms with Gasteiger partial charge in [-0.25, -0.2) is 0 Å². The Morgan fingerprint density at radius 2 is 2.22 bits per heavy atom. The van der Waals surface area contributed by atoms with Crippen LogP contribution < -0.4 is 0 Å². The Balaban J connectivity index is 3.61. The second-order valence-electron chi connectivity index (χ2n) is 1.93. The fourth-order valence-electron chi connectivity index (χ4n) is 0.576. The second-order valence-corrected chi connectivity index (χ2v) is 1.93. The fourth-order valence-corrected chi connectivity index (χ4v) is 0.576. The summed E-state index contributed by atoms with van der Waals surface area (Å²) in [7, 11) is 0. The molecule has 0 N–H and O–H groups in total. The molecular formula is C7H14BN. The predicted molar refractivity (Wildman–Crippen MR) is 45.8 cm³/mol. The number of nitrogens with zero attached hydrogens (tertiary/aromatic N) is 1. The summed E-state index contributed by atoms with van der Waals surface area (Å²) >= 11 is 0. The Morgan fingerprint density at radius 3 is 2.56 bits per heavy atom. The molecule has 0 saturated heterocycles. The summed E-state index contributed by atoms with van der Waals surface area (Å²) in [4.78, 5) is 4.28. The van der Waals surface area contributed by atoms with Gasteiger partial charge in [0.2, 0.25) is 0 Å². The van der Waals surface area contributed by atoms with Crippen LogP contribution in [0.5, 0.6) is 0 Å². The van der Waals surface area contributed by atoms with Gasteiger partial charge in [0.1, 0.15) is 0 Å². The molecule has 0 spiro atoms. The average molecular weight is 123 g/mol. The SMILES string of the molecule is C=BC(CC)=NCCC. The molecule has 0 aliphatic rings. The van der Waals surface area contributed by atoms with E-state index in [4.69, 9.17) is 0 Å². The van der Waals surface area contributed by atoms with Crippen LogP contribution in [0.25, 0.3) is 0 Å². The van der Waals surface area contributed by atoms with Crippen molar-refractivity contribution in [1.29, 1.82) is 0 Å². The summed E-state index contributed by atoms with van der Waals surface area (Å²) in [6, 6.07) is 0. The molecule has 0 aromatic rings. The third-order valence-electron chi connectivity index (χ3n) is 1.14. The third kappa shape index (κ3) is 4.13. The predicted octanol–water partition coefficient (Wildman–Crippen LogP) is 1.34. The molecule has 0 heterocycles. The molecule has 1 nitrogen and oxygen atoms in total. The Labute approximate surface area is 58.1 Å². The van der Waals surface area contributed by atoms with Crippen molar-refractivity contribution < 1.29 is 0 Å². The first-order valence-electron chi connectivity index (χ1n) is 3.50. The van der Waals surface area contributed by atoms with E-state index in [-0.39, 0.29) is 0 Å². The minimum absolute atomic E-state index is 0.940. The van der Waals surface area contributed by atoms with Crippen molar-refractivity contribution in [3.8, 4) is 0 Å². The van der Waals surface area contributed by atoms with Gasteiger partial charge in [-0.15, -0.1) is 0 Å². The van der Waals surface area contributed by atoms with Gasteiger partial charge in [0.05, 0.1) is 0 Å². The van der Waals surface area contributed by atoms with Gasteiger partial charge in [0.25, 0.3) is 0 Å². The molecule has 0 fully saturated rings. The Hall–Kier alpha value is -0.395. The van der Waals surface area contributed by atoms with Crippen molar-refractivity contribution >= 4 is 19.0 Å². The van der Waals surface area contributed by atoms with E-state index in [0.717, 1.165) is 25.0 Å². The number of hydrogen-bond donors (Lipinski definition) is 0. The molecule has 0 atom stereocenters. The molecule has 0 aromatic heterocycles. The zero-order valence-corrected chi connectivity index (χ0v) is 6.35. The zero-order chi connectivity index (χ0) is 7.11. The van der Waals surface area contributed by atoms with Crippen molar-refractivity contribution in [2.45, 2.75) is 26.7 Å². The van der Waals surface area contributed by atoms with E-state index in [1.165, 1.54) is 0 Å². The second kappa shape index (κ2) is 5.74. The van der Waals surface area contributed by atoms with Crippen LogP contribution in [0.1, 0.15) is 26.7 Å². The normalized spacial score (nSPS) is 11.1. The van der Waals surface area contributed by atoms with Gasteiger partial charge < -0.3 is 0 Å². The van der Waals surface area contributed by atoms with Crippen molar-refractivity contribution in [3.05, 3.63) is 0 Å². The molecule has 0 aliphatic heterocycles. The van der Waals surface area contributed by atoms with Gasteiger partial charge in [-0.05, 0) is 0 Å². The molecule has 0 amide bonds. The molecule has 0 bridgehead atoms. The summed E-state index contributed by atoms with van der Waals surface area (Å²) < 4.78 is 0. The van der Waals surface area contributed by atoms with Crippen molar-refractivity contribution in [2.75, 3.05) is 6.54 Å². The van der Waals surface area contributed by atoms with E-state index in [0.29, 0.717) is 0 Å². The van der Waals surface area contributed by atoms with Crippen LogP contribution in [0.2, 0.25) is 0 Å². The summed E-state index contributed by atoms with van der Waals surface area (Å²) in [6.45, 7) is 10.6. The molecule has 0 rings (SSSR count). The molecule has 0 saturated carbocycles. The van der Waals surface area contributed by atoms with E-state index in [2.05, 4.69) is 25.3 Å². The maximum atomic E-state index is 4.28. The summed E-state index contributed by atoms with van der Waals surface area (Å²) in [5.41, 5.74) is 1.12. The third-order valence-corrected chi connectivity index (χ3v) is 1.14. The molecule has 50 valence electrons. The van der Waals surface area contributed by atoms with E-state index in [1.807, 2.05) is 6.92 Å². The fraction of sp³-hybridized carbons (Fsp3) is 0.714. The van der Waals surface area contributed by atoms with Gasteiger partial charge in [-0.2, -0.15) is 0 Å². The van der Waals surface area contributed by atoms with Crippen LogP contribution in [0, 0.1) is 0 Å². The topological polar surface area (TPSA) is 12.4 Å². The maximum absolute atomic E-state index is 4.28. The van der Waals surface area contributed by atoms with Crippen molar-refractivity contribution in [1.82, 2.24) is 0 Å². The Bertz CT molecular complexity index is 107. The monoisotopic (exact) mass is 123 g/mol. The summed E-state index contributed by atoms with van der Waals surface area (Å²) in [6.07, 6.45) is 2.13. The van der Waals surface area contributed by atoms with Crippen LogP contribution in [0.3, 0.4) is 0 Å². The summed E-state index contributed by atoms with van der Waals surface area (Å²) in [5.74, 6) is 0. The Morgan fingerprint density at radius 1 is 1.56 bits per heavy atom. The van der Waals surface area contributed by atoms with Crippen LogP contribution in [0.4, 0.5) is 0 Å². The summed E-state index contributed by atoms with van der Waals surface area (Å²) in [5, 5.41) is 0. The van der Waals surface area contributed by atoms with Crippen LogP contribution in [-0.2, 0) is 0 Å². The Kier molecular flexibility index (Phi) is 5.48. The van der Waals surface area contributed by atoms with Gasteiger partial charge in [0, 0.05) is 0 Å². The van der Waals surface area contributed by atoms with E-state index in [1.54, 1.807) is 0 Å². The van der Waals surface area contributed by atoms with E-state index < -0.39 is 0 Å². The van der Waals surface area contributed by atoms with E-state index >= 15 is 0 Å². The average Bonchev–Trinajstić information content (AvgIpc) is 1.91. The first-order chi connectivity index (χ1) is 4.35. The quantitative estimate of drug-likeness (QED) is 0.395. The van der Waals surface area contributed by atoms with Gasteiger partial charge in [-0.3, -0.25) is 0 Å². The van der Waals surface area contributed by atoms with Crippen molar-refractivity contribution in [3.63, 3.8) is 0 Å². The number of aliphatic imine (C=N–C) groups is 1. The molecule has 0 aliphatic carbocycles. The van der Waals surface area contributed by atoms with Crippen LogP contribution in [-0.4, -0.2) is 25.5 Å². The number of hydrogen-bond acceptors (Lipinski definition) is 1. The first kappa shape index (κ1) is 8.60. The zero-order valence-electron chi connectivity index (χ0n) is 6.35.